The summed E-state index contributed by atoms with van der Waals surface area (Å²) in [5.74, 6) is 0.769. The molecule has 0 amide bonds. The molecule has 1 spiro atoms. The largest absolute Gasteiger partial charge is 0.308 e. The van der Waals surface area contributed by atoms with Gasteiger partial charge in [-0.25, -0.2) is 0 Å². The zero-order chi connectivity index (χ0) is 14.9. The summed E-state index contributed by atoms with van der Waals surface area (Å²) in [5.41, 5.74) is 0.470. The zero-order valence-electron chi connectivity index (χ0n) is 14.2. The van der Waals surface area contributed by atoms with Crippen LogP contribution in [0.2, 0.25) is 0 Å². The van der Waals surface area contributed by atoms with Crippen LogP contribution in [0.1, 0.15) is 65.2 Å². The van der Waals surface area contributed by atoms with Crippen molar-refractivity contribution in [3.63, 3.8) is 0 Å². The van der Waals surface area contributed by atoms with Gasteiger partial charge in [0.25, 0.3) is 0 Å². The van der Waals surface area contributed by atoms with Crippen molar-refractivity contribution in [2.45, 2.75) is 88.1 Å². The van der Waals surface area contributed by atoms with Gasteiger partial charge in [0.15, 0.2) is 0 Å². The molecule has 1 aliphatic heterocycles. The summed E-state index contributed by atoms with van der Waals surface area (Å²) in [6.45, 7) is 7.38. The first-order valence-electron chi connectivity index (χ1n) is 9.17. The van der Waals surface area contributed by atoms with Gasteiger partial charge in [-0.1, -0.05) is 33.1 Å². The summed E-state index contributed by atoms with van der Waals surface area (Å²) in [7, 11) is 0. The predicted molar refractivity (Wildman–Crippen MR) is 94.1 cm³/mol. The predicted octanol–water partition coefficient (Wildman–Crippen LogP) is 3.90. The highest BCUT2D eigenvalue weighted by atomic mass is 32.2. The summed E-state index contributed by atoms with van der Waals surface area (Å²) in [5, 5.41) is 4.88. The van der Waals surface area contributed by atoms with Crippen LogP contribution >= 0.6 is 11.8 Å². The van der Waals surface area contributed by atoms with Crippen molar-refractivity contribution in [2.24, 2.45) is 5.92 Å². The van der Waals surface area contributed by atoms with Crippen LogP contribution in [0, 0.1) is 5.92 Å². The van der Waals surface area contributed by atoms with E-state index in [2.05, 4.69) is 42.1 Å². The van der Waals surface area contributed by atoms with Crippen molar-refractivity contribution in [2.75, 3.05) is 19.3 Å². The van der Waals surface area contributed by atoms with Gasteiger partial charge in [0.05, 0.1) is 0 Å². The minimum absolute atomic E-state index is 0.470. The van der Waals surface area contributed by atoms with E-state index in [1.165, 1.54) is 64.5 Å². The fraction of sp³-hybridized carbons (Fsp3) is 1.00. The molecule has 3 aliphatic rings. The average Bonchev–Trinajstić information content (AvgIpc) is 2.95. The minimum atomic E-state index is 0.470. The second-order valence-electron chi connectivity index (χ2n) is 8.03. The second-order valence-corrected chi connectivity index (χ2v) is 9.17. The van der Waals surface area contributed by atoms with Gasteiger partial charge >= 0.3 is 0 Å². The van der Waals surface area contributed by atoms with Crippen LogP contribution in [-0.2, 0) is 0 Å². The molecule has 3 fully saturated rings. The van der Waals surface area contributed by atoms with Crippen LogP contribution in [0.3, 0.4) is 0 Å². The zero-order valence-corrected chi connectivity index (χ0v) is 15.1. The van der Waals surface area contributed by atoms with E-state index in [1.807, 2.05) is 0 Å². The molecule has 1 heterocycles. The molecular formula is C18H34N2S. The van der Waals surface area contributed by atoms with E-state index in [0.717, 1.165) is 23.3 Å². The molecule has 21 heavy (non-hydrogen) atoms. The molecule has 3 unspecified atom stereocenters. The van der Waals surface area contributed by atoms with Gasteiger partial charge in [-0.2, -0.15) is 11.8 Å². The molecule has 2 aliphatic carbocycles. The Labute approximate surface area is 135 Å². The monoisotopic (exact) mass is 310 g/mol. The molecule has 3 atom stereocenters. The minimum Gasteiger partial charge on any atom is -0.308 e. The van der Waals surface area contributed by atoms with Crippen LogP contribution in [0.15, 0.2) is 0 Å². The maximum atomic E-state index is 3.97. The van der Waals surface area contributed by atoms with Crippen LogP contribution < -0.4 is 5.32 Å². The lowest BCUT2D eigenvalue weighted by Gasteiger charge is -2.52. The van der Waals surface area contributed by atoms with Crippen molar-refractivity contribution >= 4 is 11.8 Å². The Bertz CT molecular complexity index is 338. The standard InChI is InChI=1S/C18H34N2S/c1-14(2)17-12-19-18(9-4-5-10-18)13-20(17)15-7-6-8-16(11-15)21-3/h14-17,19H,4-13H2,1-3H3. The van der Waals surface area contributed by atoms with Gasteiger partial charge in [-0.05, 0) is 44.3 Å². The topological polar surface area (TPSA) is 15.3 Å². The normalized spacial score (nSPS) is 37.4. The van der Waals surface area contributed by atoms with E-state index >= 15 is 0 Å². The number of hydrogen-bond acceptors (Lipinski definition) is 3. The SMILES string of the molecule is CSC1CCCC(N2CC3(CCCC3)NCC2C(C)C)C1. The fourth-order valence-corrected chi connectivity index (χ4v) is 5.82. The fourth-order valence-electron chi connectivity index (χ4n) is 5.00. The Hall–Kier alpha value is 0.270. The van der Waals surface area contributed by atoms with E-state index < -0.39 is 0 Å². The Morgan fingerprint density at radius 3 is 2.57 bits per heavy atom. The van der Waals surface area contributed by atoms with Crippen LogP contribution in [0.4, 0.5) is 0 Å². The lowest BCUT2D eigenvalue weighted by molar-refractivity contribution is 0.0102. The first kappa shape index (κ1) is 16.1. The summed E-state index contributed by atoms with van der Waals surface area (Å²) in [4.78, 5) is 2.95. The Morgan fingerprint density at radius 1 is 1.14 bits per heavy atom. The van der Waals surface area contributed by atoms with Crippen LogP contribution in [0.5, 0.6) is 0 Å². The van der Waals surface area contributed by atoms with Crippen LogP contribution in [0.25, 0.3) is 0 Å². The molecule has 1 saturated heterocycles. The van der Waals surface area contributed by atoms with E-state index in [0.29, 0.717) is 5.54 Å². The van der Waals surface area contributed by atoms with E-state index in [1.54, 1.807) is 0 Å². The lowest BCUT2D eigenvalue weighted by atomic mass is 9.84. The molecule has 1 N–H and O–H groups in total. The number of piperazine rings is 1. The summed E-state index contributed by atoms with van der Waals surface area (Å²) in [6, 6.07) is 1.60. The number of hydrogen-bond donors (Lipinski definition) is 1. The maximum Gasteiger partial charge on any atom is 0.0309 e. The Morgan fingerprint density at radius 2 is 1.90 bits per heavy atom. The molecule has 0 aromatic carbocycles. The van der Waals surface area contributed by atoms with Crippen molar-refractivity contribution in [1.82, 2.24) is 10.2 Å². The summed E-state index contributed by atoms with van der Waals surface area (Å²) < 4.78 is 0. The first-order valence-corrected chi connectivity index (χ1v) is 10.5. The first-order chi connectivity index (χ1) is 10.1. The highest BCUT2D eigenvalue weighted by molar-refractivity contribution is 7.99. The molecule has 0 aromatic rings. The number of nitrogens with zero attached hydrogens (tertiary/aromatic N) is 1. The van der Waals surface area contributed by atoms with Crippen molar-refractivity contribution in [1.29, 1.82) is 0 Å². The van der Waals surface area contributed by atoms with Gasteiger partial charge < -0.3 is 5.32 Å². The number of rotatable bonds is 3. The quantitative estimate of drug-likeness (QED) is 0.851. The van der Waals surface area contributed by atoms with Gasteiger partial charge in [0, 0.05) is 36.0 Å². The van der Waals surface area contributed by atoms with Gasteiger partial charge in [-0.15, -0.1) is 0 Å². The molecule has 2 saturated carbocycles. The second kappa shape index (κ2) is 6.80. The third-order valence-corrected chi connectivity index (χ3v) is 7.42. The highest BCUT2D eigenvalue weighted by Gasteiger charge is 2.44. The van der Waals surface area contributed by atoms with Crippen molar-refractivity contribution in [3.8, 4) is 0 Å². The molecule has 2 nitrogen and oxygen atoms in total. The molecule has 0 bridgehead atoms. The number of thioether (sulfide) groups is 1. The smallest absolute Gasteiger partial charge is 0.0309 e. The maximum absolute atomic E-state index is 3.97. The third-order valence-electron chi connectivity index (χ3n) is 6.33. The molecule has 0 radical (unpaired) electrons. The van der Waals surface area contributed by atoms with Gasteiger partial charge in [-0.3, -0.25) is 4.90 Å². The summed E-state index contributed by atoms with van der Waals surface area (Å²) >= 11 is 2.10. The molecule has 3 heteroatoms. The number of nitrogens with one attached hydrogen (secondary N) is 1. The average molecular weight is 311 g/mol. The Balaban J connectivity index is 1.73. The molecular weight excluding hydrogens is 276 g/mol. The van der Waals surface area contributed by atoms with Crippen molar-refractivity contribution in [3.05, 3.63) is 0 Å². The molecule has 122 valence electrons. The molecule has 0 aromatic heterocycles. The van der Waals surface area contributed by atoms with E-state index in [4.69, 9.17) is 0 Å². The van der Waals surface area contributed by atoms with Gasteiger partial charge in [0.1, 0.15) is 0 Å². The third kappa shape index (κ3) is 3.45. The van der Waals surface area contributed by atoms with E-state index in [-0.39, 0.29) is 0 Å². The van der Waals surface area contributed by atoms with E-state index in [9.17, 15) is 0 Å². The summed E-state index contributed by atoms with van der Waals surface area (Å²) in [6.07, 6.45) is 13.8. The molecule has 3 rings (SSSR count). The Kier molecular flexibility index (Phi) is 5.23. The van der Waals surface area contributed by atoms with Gasteiger partial charge in [0.2, 0.25) is 0 Å². The van der Waals surface area contributed by atoms with Crippen molar-refractivity contribution < 1.29 is 0 Å². The van der Waals surface area contributed by atoms with Crippen LogP contribution in [-0.4, -0.2) is 47.1 Å². The highest BCUT2D eigenvalue weighted by Crippen LogP contribution is 2.38. The lowest BCUT2D eigenvalue weighted by Crippen LogP contribution is -2.66.